The number of rotatable bonds is 6. The first-order valence-corrected chi connectivity index (χ1v) is 6.91. The number of benzene rings is 1. The van der Waals surface area contributed by atoms with Crippen LogP contribution in [0.5, 0.6) is 0 Å². The molecule has 0 unspecified atom stereocenters. The normalized spacial score (nSPS) is 16.7. The minimum absolute atomic E-state index is 0.608. The summed E-state index contributed by atoms with van der Waals surface area (Å²) in [6, 6.07) is 11.2. The van der Waals surface area contributed by atoms with Crippen molar-refractivity contribution in [2.75, 3.05) is 6.54 Å². The molecule has 0 bridgehead atoms. The van der Waals surface area contributed by atoms with Gasteiger partial charge in [0.05, 0.1) is 0 Å². The van der Waals surface area contributed by atoms with Crippen LogP contribution < -0.4 is 5.32 Å². The predicted molar refractivity (Wildman–Crippen MR) is 79.4 cm³/mol. The Bertz CT molecular complexity index is 410. The van der Waals surface area contributed by atoms with E-state index in [1.807, 2.05) is 6.07 Å². The molecule has 18 heavy (non-hydrogen) atoms. The minimum atomic E-state index is 0.608. The molecule has 96 valence electrons. The molecule has 0 atom stereocenters. The van der Waals surface area contributed by atoms with Gasteiger partial charge in [0.15, 0.2) is 0 Å². The molecule has 1 nitrogen and oxygen atoms in total. The van der Waals surface area contributed by atoms with Crippen LogP contribution in [-0.4, -0.2) is 12.6 Å². The van der Waals surface area contributed by atoms with Crippen molar-refractivity contribution < 1.29 is 0 Å². The van der Waals surface area contributed by atoms with Crippen molar-refractivity contribution in [2.24, 2.45) is 5.92 Å². The lowest BCUT2D eigenvalue weighted by molar-refractivity contribution is 0.658. The van der Waals surface area contributed by atoms with Gasteiger partial charge in [-0.1, -0.05) is 68.0 Å². The van der Waals surface area contributed by atoms with E-state index in [0.29, 0.717) is 5.92 Å². The monoisotopic (exact) mass is 241 g/mol. The Labute approximate surface area is 111 Å². The molecule has 0 spiro atoms. The van der Waals surface area contributed by atoms with Gasteiger partial charge in [-0.2, -0.15) is 0 Å². The number of nitrogens with one attached hydrogen (secondary N) is 1. The standard InChI is InChI=1S/C17H23N/c1-14(2)16(13-18-17-11-12-17)10-6-9-15-7-4-3-5-8-15/h3-10,14,17-18H,11-13H2,1-2H3. The fraction of sp³-hybridized carbons (Fsp3) is 0.412. The van der Waals surface area contributed by atoms with Crippen LogP contribution in [-0.2, 0) is 0 Å². The van der Waals surface area contributed by atoms with E-state index in [2.05, 4.69) is 61.7 Å². The number of hydrogen-bond acceptors (Lipinski definition) is 1. The van der Waals surface area contributed by atoms with E-state index in [0.717, 1.165) is 12.6 Å². The summed E-state index contributed by atoms with van der Waals surface area (Å²) in [6.45, 7) is 5.55. The van der Waals surface area contributed by atoms with Gasteiger partial charge in [0, 0.05) is 12.6 Å². The second-order valence-electron chi connectivity index (χ2n) is 5.32. The molecule has 1 aromatic rings. The predicted octanol–water partition coefficient (Wildman–Crippen LogP) is 4.03. The molecule has 1 N–H and O–H groups in total. The van der Waals surface area contributed by atoms with Crippen LogP contribution >= 0.6 is 0 Å². The Kier molecular flexibility index (Phi) is 4.77. The van der Waals surface area contributed by atoms with Gasteiger partial charge in [0.1, 0.15) is 0 Å². The Morgan fingerprint density at radius 3 is 2.61 bits per heavy atom. The molecule has 1 heteroatoms. The molecule has 1 aromatic carbocycles. The van der Waals surface area contributed by atoms with Crippen LogP contribution in [0.15, 0.2) is 48.1 Å². The van der Waals surface area contributed by atoms with Crippen LogP contribution in [0.25, 0.3) is 6.08 Å². The second-order valence-corrected chi connectivity index (χ2v) is 5.32. The molecule has 0 saturated heterocycles. The van der Waals surface area contributed by atoms with Crippen molar-refractivity contribution in [1.29, 1.82) is 0 Å². The highest BCUT2D eigenvalue weighted by molar-refractivity contribution is 5.51. The van der Waals surface area contributed by atoms with Crippen molar-refractivity contribution in [1.82, 2.24) is 5.32 Å². The summed E-state index contributed by atoms with van der Waals surface area (Å²) in [4.78, 5) is 0. The molecule has 0 aromatic heterocycles. The molecule has 1 aliphatic carbocycles. The molecular formula is C17H23N. The molecule has 0 aliphatic heterocycles. The number of allylic oxidation sites excluding steroid dienone is 2. The Morgan fingerprint density at radius 2 is 2.00 bits per heavy atom. The molecular weight excluding hydrogens is 218 g/mol. The highest BCUT2D eigenvalue weighted by atomic mass is 14.9. The van der Waals surface area contributed by atoms with Gasteiger partial charge in [-0.25, -0.2) is 0 Å². The van der Waals surface area contributed by atoms with Gasteiger partial charge in [-0.15, -0.1) is 0 Å². The summed E-state index contributed by atoms with van der Waals surface area (Å²) < 4.78 is 0. The first kappa shape index (κ1) is 13.1. The molecule has 2 rings (SSSR count). The van der Waals surface area contributed by atoms with Crippen LogP contribution in [0, 0.1) is 5.92 Å². The van der Waals surface area contributed by atoms with Gasteiger partial charge in [0.2, 0.25) is 0 Å². The van der Waals surface area contributed by atoms with Crippen molar-refractivity contribution >= 4 is 6.08 Å². The van der Waals surface area contributed by atoms with Crippen LogP contribution in [0.2, 0.25) is 0 Å². The lowest BCUT2D eigenvalue weighted by Gasteiger charge is -2.11. The van der Waals surface area contributed by atoms with E-state index in [-0.39, 0.29) is 0 Å². The van der Waals surface area contributed by atoms with Crippen molar-refractivity contribution in [3.63, 3.8) is 0 Å². The lowest BCUT2D eigenvalue weighted by atomic mass is 10.0. The van der Waals surface area contributed by atoms with Gasteiger partial charge >= 0.3 is 0 Å². The molecule has 1 fully saturated rings. The Morgan fingerprint density at radius 1 is 1.28 bits per heavy atom. The summed E-state index contributed by atoms with van der Waals surface area (Å²) in [7, 11) is 0. The quantitative estimate of drug-likeness (QED) is 0.741. The van der Waals surface area contributed by atoms with E-state index in [4.69, 9.17) is 0 Å². The zero-order valence-corrected chi connectivity index (χ0v) is 11.4. The van der Waals surface area contributed by atoms with Gasteiger partial charge < -0.3 is 5.32 Å². The molecule has 1 aliphatic rings. The summed E-state index contributed by atoms with van der Waals surface area (Å²) in [6.07, 6.45) is 9.29. The zero-order chi connectivity index (χ0) is 12.8. The highest BCUT2D eigenvalue weighted by Gasteiger charge is 2.20. The smallest absolute Gasteiger partial charge is 0.0172 e. The largest absolute Gasteiger partial charge is 0.310 e. The van der Waals surface area contributed by atoms with Gasteiger partial charge in [0.25, 0.3) is 0 Å². The fourth-order valence-electron chi connectivity index (χ4n) is 1.85. The van der Waals surface area contributed by atoms with E-state index in [9.17, 15) is 0 Å². The fourth-order valence-corrected chi connectivity index (χ4v) is 1.85. The summed E-state index contributed by atoms with van der Waals surface area (Å²) in [5.41, 5.74) is 2.74. The van der Waals surface area contributed by atoms with Crippen molar-refractivity contribution in [2.45, 2.75) is 32.7 Å². The molecule has 1 saturated carbocycles. The maximum absolute atomic E-state index is 3.58. The third kappa shape index (κ3) is 4.50. The maximum atomic E-state index is 3.58. The maximum Gasteiger partial charge on any atom is 0.0172 e. The summed E-state index contributed by atoms with van der Waals surface area (Å²) in [5, 5.41) is 3.58. The lowest BCUT2D eigenvalue weighted by Crippen LogP contribution is -2.21. The third-order valence-corrected chi connectivity index (χ3v) is 3.31. The Balaban J connectivity index is 1.92. The molecule has 0 amide bonds. The average molecular weight is 241 g/mol. The third-order valence-electron chi connectivity index (χ3n) is 3.31. The van der Waals surface area contributed by atoms with Crippen molar-refractivity contribution in [3.05, 3.63) is 53.6 Å². The van der Waals surface area contributed by atoms with E-state index < -0.39 is 0 Å². The van der Waals surface area contributed by atoms with Gasteiger partial charge in [-0.3, -0.25) is 0 Å². The SMILES string of the molecule is CC(C)C(=CC=Cc1ccccc1)CNC1CC1. The summed E-state index contributed by atoms with van der Waals surface area (Å²) >= 11 is 0. The Hall–Kier alpha value is -1.34. The summed E-state index contributed by atoms with van der Waals surface area (Å²) in [5.74, 6) is 0.608. The van der Waals surface area contributed by atoms with Crippen LogP contribution in [0.3, 0.4) is 0 Å². The highest BCUT2D eigenvalue weighted by Crippen LogP contribution is 2.20. The zero-order valence-electron chi connectivity index (χ0n) is 11.4. The topological polar surface area (TPSA) is 12.0 Å². The van der Waals surface area contributed by atoms with E-state index in [1.165, 1.54) is 24.0 Å². The van der Waals surface area contributed by atoms with Crippen LogP contribution in [0.4, 0.5) is 0 Å². The van der Waals surface area contributed by atoms with Crippen molar-refractivity contribution in [3.8, 4) is 0 Å². The second kappa shape index (κ2) is 6.55. The average Bonchev–Trinajstić information content (AvgIpc) is 3.18. The van der Waals surface area contributed by atoms with E-state index in [1.54, 1.807) is 0 Å². The molecule has 0 heterocycles. The van der Waals surface area contributed by atoms with Gasteiger partial charge in [-0.05, 0) is 24.3 Å². The first-order chi connectivity index (χ1) is 8.75. The first-order valence-electron chi connectivity index (χ1n) is 6.91. The van der Waals surface area contributed by atoms with E-state index >= 15 is 0 Å². The number of hydrogen-bond donors (Lipinski definition) is 1. The minimum Gasteiger partial charge on any atom is -0.310 e. The molecule has 0 radical (unpaired) electrons. The van der Waals surface area contributed by atoms with Crippen LogP contribution in [0.1, 0.15) is 32.3 Å².